The van der Waals surface area contributed by atoms with Crippen molar-refractivity contribution >= 4 is 17.0 Å². The maximum Gasteiger partial charge on any atom is 0.258 e. The minimum absolute atomic E-state index is 0.0725. The fourth-order valence-corrected chi connectivity index (χ4v) is 3.87. The highest BCUT2D eigenvalue weighted by Gasteiger charge is 2.15. The van der Waals surface area contributed by atoms with Crippen molar-refractivity contribution in [1.82, 2.24) is 33.6 Å². The number of nitrogens with zero attached hydrogens (tertiary/aromatic N) is 7. The van der Waals surface area contributed by atoms with Crippen LogP contribution in [0.25, 0.3) is 22.6 Å². The zero-order valence-electron chi connectivity index (χ0n) is 18.7. The molecule has 10 nitrogen and oxygen atoms in total. The second-order valence-electron chi connectivity index (χ2n) is 8.10. The molecular weight excluding hydrogens is 432 g/mol. The molecule has 0 amide bonds. The number of hydrogen-bond acceptors (Lipinski definition) is 7. The van der Waals surface area contributed by atoms with Crippen LogP contribution in [0.4, 0.5) is 5.69 Å². The van der Waals surface area contributed by atoms with E-state index in [2.05, 4.69) is 37.9 Å². The summed E-state index contributed by atoms with van der Waals surface area (Å²) in [6.45, 7) is 3.99. The first-order valence-corrected chi connectivity index (χ1v) is 11.0. The van der Waals surface area contributed by atoms with Crippen LogP contribution in [0.1, 0.15) is 0 Å². The Labute approximate surface area is 194 Å². The summed E-state index contributed by atoms with van der Waals surface area (Å²) in [7, 11) is 2.13. The number of hydrogen-bond donors (Lipinski definition) is 1. The van der Waals surface area contributed by atoms with Crippen molar-refractivity contribution in [1.29, 1.82) is 0 Å². The standard InChI is InChI=1S/C20H20N6O.C4H4N2O/c1-23-8-10-24(11-9-23)16-3-5-19-22-17(12-20(27)26(19)14-16)15-2-4-18-21-6-7-25(18)13-15;7-4-1-2-5-3-6-4/h2-7,12-14H,8-11H2,1H3;1-3H,(H,5,6,7). The van der Waals surface area contributed by atoms with E-state index >= 15 is 0 Å². The Morgan fingerprint density at radius 3 is 2.47 bits per heavy atom. The molecule has 1 N–H and O–H groups in total. The van der Waals surface area contributed by atoms with E-state index in [1.165, 1.54) is 18.6 Å². The fraction of sp³-hybridized carbons (Fsp3) is 0.208. The molecule has 6 rings (SSSR count). The van der Waals surface area contributed by atoms with Crippen LogP contribution in [0.5, 0.6) is 0 Å². The number of piperazine rings is 1. The van der Waals surface area contributed by atoms with Gasteiger partial charge in [0.05, 0.1) is 17.7 Å². The molecule has 1 aliphatic heterocycles. The minimum Gasteiger partial charge on any atom is -0.368 e. The summed E-state index contributed by atoms with van der Waals surface area (Å²) < 4.78 is 3.56. The highest BCUT2D eigenvalue weighted by molar-refractivity contribution is 5.63. The van der Waals surface area contributed by atoms with E-state index in [0.29, 0.717) is 11.3 Å². The third-order valence-electron chi connectivity index (χ3n) is 5.79. The summed E-state index contributed by atoms with van der Waals surface area (Å²) in [5.74, 6) is 0. The molecule has 5 aromatic rings. The maximum absolute atomic E-state index is 12.8. The Morgan fingerprint density at radius 2 is 1.74 bits per heavy atom. The molecule has 34 heavy (non-hydrogen) atoms. The average molecular weight is 457 g/mol. The van der Waals surface area contributed by atoms with Crippen molar-refractivity contribution in [2.24, 2.45) is 0 Å². The molecular formula is C24H24N8O2. The lowest BCUT2D eigenvalue weighted by molar-refractivity contribution is 0.313. The summed E-state index contributed by atoms with van der Waals surface area (Å²) in [6.07, 6.45) is 10.3. The topological polar surface area (TPSA) is 104 Å². The smallest absolute Gasteiger partial charge is 0.258 e. The van der Waals surface area contributed by atoms with Gasteiger partial charge in [-0.3, -0.25) is 14.0 Å². The Morgan fingerprint density at radius 1 is 0.912 bits per heavy atom. The summed E-state index contributed by atoms with van der Waals surface area (Å²) in [6, 6.07) is 10.8. The lowest BCUT2D eigenvalue weighted by Crippen LogP contribution is -2.44. The lowest BCUT2D eigenvalue weighted by Gasteiger charge is -2.34. The number of anilines is 1. The van der Waals surface area contributed by atoms with E-state index in [1.807, 2.05) is 41.2 Å². The van der Waals surface area contributed by atoms with E-state index < -0.39 is 0 Å². The SMILES string of the molecule is CN1CCN(c2ccc3nc(-c4ccc5nccn5c4)cc(=O)n3c2)CC1.O=c1ccnc[nH]1. The monoisotopic (exact) mass is 456 g/mol. The molecule has 0 saturated carbocycles. The van der Waals surface area contributed by atoms with Gasteiger partial charge in [0.2, 0.25) is 0 Å². The molecule has 6 heterocycles. The Balaban J connectivity index is 0.000000297. The number of rotatable bonds is 2. The Hall–Kier alpha value is -4.31. The molecule has 0 radical (unpaired) electrons. The first kappa shape index (κ1) is 21.5. The summed E-state index contributed by atoms with van der Waals surface area (Å²) in [5.41, 5.74) is 3.96. The van der Waals surface area contributed by atoms with E-state index in [1.54, 1.807) is 16.7 Å². The van der Waals surface area contributed by atoms with Crippen molar-refractivity contribution in [3.8, 4) is 11.3 Å². The summed E-state index contributed by atoms with van der Waals surface area (Å²) >= 11 is 0. The average Bonchev–Trinajstić information content (AvgIpc) is 3.33. The number of nitrogens with one attached hydrogen (secondary N) is 1. The van der Waals surface area contributed by atoms with Crippen LogP contribution in [0.3, 0.4) is 0 Å². The lowest BCUT2D eigenvalue weighted by atomic mass is 10.2. The Kier molecular flexibility index (Phi) is 5.88. The van der Waals surface area contributed by atoms with Crippen molar-refractivity contribution < 1.29 is 0 Å². The van der Waals surface area contributed by atoms with Gasteiger partial charge in [0.15, 0.2) is 0 Å². The van der Waals surface area contributed by atoms with Gasteiger partial charge in [-0.2, -0.15) is 0 Å². The number of aromatic amines is 1. The molecule has 10 heteroatoms. The van der Waals surface area contributed by atoms with Crippen molar-refractivity contribution in [3.05, 3.63) is 94.4 Å². The summed E-state index contributed by atoms with van der Waals surface area (Å²) in [5, 5.41) is 0. The minimum atomic E-state index is -0.116. The predicted octanol–water partition coefficient (Wildman–Crippen LogP) is 1.53. The molecule has 0 bridgehead atoms. The van der Waals surface area contributed by atoms with E-state index in [0.717, 1.165) is 43.1 Å². The second kappa shape index (κ2) is 9.28. The molecule has 5 aromatic heterocycles. The molecule has 1 fully saturated rings. The van der Waals surface area contributed by atoms with Gasteiger partial charge in [0.25, 0.3) is 11.1 Å². The molecule has 0 spiro atoms. The third kappa shape index (κ3) is 4.57. The number of likely N-dealkylation sites (N-methyl/N-ethyl adjacent to an activating group) is 1. The van der Waals surface area contributed by atoms with Gasteiger partial charge in [-0.15, -0.1) is 0 Å². The van der Waals surface area contributed by atoms with Crippen LogP contribution in [0.2, 0.25) is 0 Å². The number of imidazole rings is 1. The van der Waals surface area contributed by atoms with Crippen LogP contribution in [0.15, 0.2) is 83.3 Å². The molecule has 0 aliphatic carbocycles. The number of pyridine rings is 2. The van der Waals surface area contributed by atoms with Crippen molar-refractivity contribution in [2.75, 3.05) is 38.1 Å². The molecule has 1 aliphatic rings. The highest BCUT2D eigenvalue weighted by atomic mass is 16.1. The molecule has 0 atom stereocenters. The Bertz CT molecular complexity index is 1530. The van der Waals surface area contributed by atoms with Gasteiger partial charge in [0, 0.05) is 74.9 Å². The van der Waals surface area contributed by atoms with Crippen molar-refractivity contribution in [3.63, 3.8) is 0 Å². The largest absolute Gasteiger partial charge is 0.368 e. The van der Waals surface area contributed by atoms with E-state index in [9.17, 15) is 9.59 Å². The van der Waals surface area contributed by atoms with Gasteiger partial charge >= 0.3 is 0 Å². The molecule has 1 saturated heterocycles. The zero-order chi connectivity index (χ0) is 23.5. The van der Waals surface area contributed by atoms with Gasteiger partial charge in [-0.25, -0.2) is 15.0 Å². The molecule has 0 unspecified atom stereocenters. The molecule has 172 valence electrons. The fourth-order valence-electron chi connectivity index (χ4n) is 3.87. The molecule has 0 aromatic carbocycles. The van der Waals surface area contributed by atoms with Crippen LogP contribution in [0, 0.1) is 0 Å². The second-order valence-corrected chi connectivity index (χ2v) is 8.10. The maximum atomic E-state index is 12.8. The summed E-state index contributed by atoms with van der Waals surface area (Å²) in [4.78, 5) is 42.5. The van der Waals surface area contributed by atoms with Crippen LogP contribution >= 0.6 is 0 Å². The first-order valence-electron chi connectivity index (χ1n) is 11.0. The van der Waals surface area contributed by atoms with Crippen LogP contribution in [-0.2, 0) is 0 Å². The highest BCUT2D eigenvalue weighted by Crippen LogP contribution is 2.20. The van der Waals surface area contributed by atoms with Gasteiger partial charge in [-0.05, 0) is 31.3 Å². The number of fused-ring (bicyclic) bond motifs is 2. The van der Waals surface area contributed by atoms with E-state index in [4.69, 9.17) is 4.98 Å². The normalized spacial score (nSPS) is 14.2. The van der Waals surface area contributed by atoms with Gasteiger partial charge in [0.1, 0.15) is 11.3 Å². The van der Waals surface area contributed by atoms with Crippen molar-refractivity contribution in [2.45, 2.75) is 0 Å². The predicted molar refractivity (Wildman–Crippen MR) is 130 cm³/mol. The zero-order valence-corrected chi connectivity index (χ0v) is 18.7. The van der Waals surface area contributed by atoms with Gasteiger partial charge < -0.3 is 19.2 Å². The number of H-pyrrole nitrogens is 1. The first-order chi connectivity index (χ1) is 16.6. The van der Waals surface area contributed by atoms with Crippen LogP contribution < -0.4 is 16.0 Å². The number of aromatic nitrogens is 6. The quantitative estimate of drug-likeness (QED) is 0.430. The van der Waals surface area contributed by atoms with E-state index in [-0.39, 0.29) is 11.1 Å². The van der Waals surface area contributed by atoms with Crippen LogP contribution in [-0.4, -0.2) is 66.9 Å². The van der Waals surface area contributed by atoms with Gasteiger partial charge in [-0.1, -0.05) is 0 Å². The third-order valence-corrected chi connectivity index (χ3v) is 5.79.